The number of pyridine rings is 6. The molecule has 16 nitrogen and oxygen atoms in total. The van der Waals surface area contributed by atoms with Crippen LogP contribution < -0.4 is 19.6 Å². The third-order valence-electron chi connectivity index (χ3n) is 24.0. The lowest BCUT2D eigenvalue weighted by Crippen LogP contribution is -2.32. The maximum absolute atomic E-state index is 14.6. The molecule has 6 aromatic carbocycles. The van der Waals surface area contributed by atoms with Crippen LogP contribution in [0.25, 0.3) is 44.5 Å². The van der Waals surface area contributed by atoms with Crippen LogP contribution in [0, 0.1) is 51.2 Å². The number of halogens is 4. The summed E-state index contributed by atoms with van der Waals surface area (Å²) in [6, 6.07) is 63.4. The van der Waals surface area contributed by atoms with Crippen molar-refractivity contribution in [3.63, 3.8) is 0 Å². The summed E-state index contributed by atoms with van der Waals surface area (Å²) in [5.41, 5.74) is 19.9. The average Bonchev–Trinajstić information content (AvgIpc) is 1.61. The first-order chi connectivity index (χ1) is 59.6. The van der Waals surface area contributed by atoms with Gasteiger partial charge in [-0.3, -0.25) is 48.7 Å². The van der Waals surface area contributed by atoms with Crippen molar-refractivity contribution in [3.8, 4) is 44.5 Å². The Kier molecular flexibility index (Phi) is 31.7. The molecular weight excluding hydrogens is 1560 g/mol. The number of nitrogens with zero attached hydrogens (tertiary/aromatic N) is 10. The maximum Gasteiger partial charge on any atom is 0.226 e. The number of ketones is 4. The molecule has 0 unspecified atom stereocenters. The van der Waals surface area contributed by atoms with E-state index >= 15 is 0 Å². The Morgan fingerprint density at radius 1 is 0.355 bits per heavy atom. The predicted octanol–water partition coefficient (Wildman–Crippen LogP) is 23.1. The van der Waals surface area contributed by atoms with Gasteiger partial charge in [0.05, 0.1) is 11.4 Å². The normalized spacial score (nSPS) is 12.5. The third kappa shape index (κ3) is 23.9. The Bertz CT molecular complexity index is 5350. The van der Waals surface area contributed by atoms with E-state index in [4.69, 9.17) is 0 Å². The summed E-state index contributed by atoms with van der Waals surface area (Å²) in [6.45, 7) is 15.9. The highest BCUT2D eigenvalue weighted by Crippen LogP contribution is 2.47. The lowest BCUT2D eigenvalue weighted by Gasteiger charge is -2.29. The van der Waals surface area contributed by atoms with E-state index in [1.54, 1.807) is 100 Å². The fourth-order valence-electron chi connectivity index (χ4n) is 15.3. The fourth-order valence-corrected chi connectivity index (χ4v) is 15.3. The van der Waals surface area contributed by atoms with Crippen LogP contribution in [0.1, 0.15) is 204 Å². The Labute approximate surface area is 726 Å². The number of aryl methyl sites for hydroxylation is 8. The van der Waals surface area contributed by atoms with Crippen molar-refractivity contribution in [2.75, 3.05) is 47.8 Å². The fraction of sp³-hybridized carbons (Fsp3) is 0.308. The van der Waals surface area contributed by atoms with Gasteiger partial charge in [-0.1, -0.05) is 149 Å². The van der Waals surface area contributed by atoms with Crippen molar-refractivity contribution < 1.29 is 46.3 Å². The molecule has 20 heteroatoms. The molecule has 14 rings (SSSR count). The van der Waals surface area contributed by atoms with Crippen LogP contribution >= 0.6 is 0 Å². The molecule has 0 bridgehead atoms. The zero-order chi connectivity index (χ0) is 88.8. The van der Waals surface area contributed by atoms with Crippen LogP contribution in [0.5, 0.6) is 0 Å². The summed E-state index contributed by atoms with van der Waals surface area (Å²) in [7, 11) is 7.52. The molecule has 6 heterocycles. The van der Waals surface area contributed by atoms with E-state index in [1.165, 1.54) is 95.9 Å². The molecule has 0 aliphatic heterocycles. The van der Waals surface area contributed by atoms with E-state index in [-0.39, 0.29) is 59.2 Å². The molecule has 2 saturated carbocycles. The zero-order valence-corrected chi connectivity index (χ0v) is 73.1. The van der Waals surface area contributed by atoms with Gasteiger partial charge in [-0.2, -0.15) is 8.78 Å². The Morgan fingerprint density at radius 2 is 0.718 bits per heavy atom. The summed E-state index contributed by atoms with van der Waals surface area (Å²) >= 11 is 0. The quantitative estimate of drug-likeness (QED) is 0.0220. The second kappa shape index (κ2) is 42.8. The Morgan fingerprint density at radius 3 is 1.08 bits per heavy atom. The summed E-state index contributed by atoms with van der Waals surface area (Å²) in [6.07, 6.45) is 19.4. The van der Waals surface area contributed by atoms with E-state index in [1.807, 2.05) is 95.3 Å². The average molecular weight is 1670 g/mol. The number of Topliss-reactive ketones (excluding diaryl/α,β-unsaturated/α-hetero) is 4. The molecule has 2 fully saturated rings. The van der Waals surface area contributed by atoms with Gasteiger partial charge in [-0.25, -0.2) is 18.7 Å². The second-order valence-electron chi connectivity index (χ2n) is 32.1. The molecule has 640 valence electrons. The molecule has 0 atom stereocenters. The number of carbonyl (C=O) groups excluding carboxylic acids is 6. The van der Waals surface area contributed by atoms with Gasteiger partial charge in [-0.05, 0) is 240 Å². The molecule has 12 aromatic rings. The number of benzene rings is 6. The topological polar surface area (TPSA) is 193 Å². The van der Waals surface area contributed by atoms with Gasteiger partial charge < -0.3 is 19.6 Å². The number of carbonyl (C=O) groups is 6. The van der Waals surface area contributed by atoms with Gasteiger partial charge in [0.25, 0.3) is 0 Å². The zero-order valence-electron chi connectivity index (χ0n) is 73.1. The Hall–Kier alpha value is -12.8. The maximum atomic E-state index is 14.6. The van der Waals surface area contributed by atoms with Crippen LogP contribution in [0.2, 0.25) is 0 Å². The highest BCUT2D eigenvalue weighted by atomic mass is 19.1. The van der Waals surface area contributed by atoms with Gasteiger partial charge in [0.15, 0.2) is 23.1 Å². The number of amides is 2. The van der Waals surface area contributed by atoms with Crippen molar-refractivity contribution in [2.45, 2.75) is 182 Å². The summed E-state index contributed by atoms with van der Waals surface area (Å²) < 4.78 is 56.0. The smallest absolute Gasteiger partial charge is 0.226 e. The number of hydrogen-bond acceptors (Lipinski definition) is 14. The van der Waals surface area contributed by atoms with E-state index in [9.17, 15) is 46.3 Å². The molecule has 2 amide bonds. The van der Waals surface area contributed by atoms with Crippen molar-refractivity contribution in [1.82, 2.24) is 29.9 Å². The first-order valence-electron chi connectivity index (χ1n) is 42.8. The molecule has 0 N–H and O–H groups in total. The molecule has 0 radical (unpaired) electrons. The minimum atomic E-state index is -0.543. The molecule has 0 saturated heterocycles. The van der Waals surface area contributed by atoms with Crippen molar-refractivity contribution in [2.24, 2.45) is 0 Å². The number of rotatable bonds is 32. The number of anilines is 4. The van der Waals surface area contributed by atoms with Crippen molar-refractivity contribution >= 4 is 57.7 Å². The third-order valence-corrected chi connectivity index (χ3v) is 24.0. The lowest BCUT2D eigenvalue weighted by molar-refractivity contribution is -0.119. The van der Waals surface area contributed by atoms with Crippen LogP contribution in [0.4, 0.5) is 40.3 Å². The molecule has 6 aromatic heterocycles. The first-order valence-corrected chi connectivity index (χ1v) is 42.8. The van der Waals surface area contributed by atoms with Gasteiger partial charge in [0.1, 0.15) is 23.0 Å². The predicted molar refractivity (Wildman–Crippen MR) is 487 cm³/mol. The first kappa shape index (κ1) is 91.9. The number of hydrogen-bond donors (Lipinski definition) is 0. The van der Waals surface area contributed by atoms with Crippen molar-refractivity contribution in [1.29, 1.82) is 0 Å². The van der Waals surface area contributed by atoms with Gasteiger partial charge in [-0.15, -0.1) is 0 Å². The van der Waals surface area contributed by atoms with E-state index in [0.717, 1.165) is 62.4 Å². The van der Waals surface area contributed by atoms with Gasteiger partial charge >= 0.3 is 0 Å². The second-order valence-corrected chi connectivity index (χ2v) is 32.1. The lowest BCUT2D eigenvalue weighted by atomic mass is 9.99. The minimum Gasteiger partial charge on any atom is -0.369 e. The van der Waals surface area contributed by atoms with E-state index in [2.05, 4.69) is 128 Å². The molecular formula is C104H110F4N10O6. The molecule has 0 spiro atoms. The number of aromatic nitrogens is 6. The SMILES string of the molecule is CCC1(N(C)c2ccc(-c3ccc(C(=O)CCc4cccnc4C)cc3)cc2)CC1.CCC1(N(C)c2ccc(-c3ccc(C(=O)CCc4cccnc4F)cc3)cc2)CC1.CCCC(=O)N(C)c1ccc(-c2ccc(C(=O)CCc3ccc(C)nc3C)nc2)cc1F.CCCC(=O)N(C)c1ccc(-c2ccc(C(=O)CCc3ccc(F)nc3C)nc2)cc1F. The highest BCUT2D eigenvalue weighted by molar-refractivity contribution is 5.99. The highest BCUT2D eigenvalue weighted by Gasteiger charge is 2.45. The summed E-state index contributed by atoms with van der Waals surface area (Å²) in [4.78, 5) is 106. The largest absolute Gasteiger partial charge is 0.369 e. The van der Waals surface area contributed by atoms with Crippen molar-refractivity contribution in [3.05, 3.63) is 322 Å². The summed E-state index contributed by atoms with van der Waals surface area (Å²) in [5.74, 6) is -2.29. The Balaban J connectivity index is 0.000000161. The minimum absolute atomic E-state index is 0.0103. The van der Waals surface area contributed by atoms with Crippen LogP contribution in [-0.4, -0.2) is 104 Å². The standard InChI is InChI=1S/C27H30N2O.C26H28FN3O2.C26H27FN2O.C25H25F2N3O2/c1-4-27(17-18-27)29(3)25-14-11-23(12-15-25)22-7-9-24(10-8-22)26(30)16-13-21-6-5-19-28-20(21)2;1-5-6-26(32)30(4)24-13-10-20(15-22(24)27)21-9-12-23(28-16-21)25(31)14-11-19-8-7-17(2)29-18(19)3;1-3-26(16-17-26)29(2)23-13-10-20(11-14-23)19-6-8-21(9-7-19)24(30)15-12-22-5-4-18-28-25(22)27;1-4-5-25(32)30(3)22-11-7-18(14-20(22)26)19-6-10-21(28-15-19)23(31)12-8-17-9-13-24(27)29-16(17)2/h5-12,14-15,19H,4,13,16-18H2,1-3H3;7-10,12-13,15-16H,5-6,11,14H2,1-4H3;4-11,13-14,18H,3,12,15-17H2,1-2H3;6-7,9-11,13-15H,4-5,8,12H2,1-3H3. The van der Waals surface area contributed by atoms with Gasteiger partial charge in [0, 0.05) is 165 Å². The van der Waals surface area contributed by atoms with Crippen LogP contribution in [-0.2, 0) is 35.3 Å². The van der Waals surface area contributed by atoms with E-state index in [0.29, 0.717) is 119 Å². The van der Waals surface area contributed by atoms with E-state index < -0.39 is 23.5 Å². The van der Waals surface area contributed by atoms with Crippen LogP contribution in [0.15, 0.2) is 231 Å². The van der Waals surface area contributed by atoms with Gasteiger partial charge in [0.2, 0.25) is 23.7 Å². The molecule has 124 heavy (non-hydrogen) atoms. The molecule has 2 aliphatic rings. The van der Waals surface area contributed by atoms with Crippen LogP contribution in [0.3, 0.4) is 0 Å². The molecule has 2 aliphatic carbocycles. The summed E-state index contributed by atoms with van der Waals surface area (Å²) in [5, 5.41) is 0. The monoisotopic (exact) mass is 1670 g/mol.